The van der Waals surface area contributed by atoms with Gasteiger partial charge in [-0.15, -0.1) is 0 Å². The number of aryl methyl sites for hydroxylation is 1. The maximum Gasteiger partial charge on any atom is 0.262 e. The van der Waals surface area contributed by atoms with Crippen molar-refractivity contribution >= 4 is 15.7 Å². The summed E-state index contributed by atoms with van der Waals surface area (Å²) in [6.45, 7) is 8.62. The number of hydrogen-bond donors (Lipinski definition) is 2. The average molecular weight is 350 g/mol. The van der Waals surface area contributed by atoms with E-state index >= 15 is 0 Å². The van der Waals surface area contributed by atoms with Crippen LogP contribution in [0.15, 0.2) is 47.4 Å². The smallest absolute Gasteiger partial charge is 0.262 e. The lowest BCUT2D eigenvalue weighted by atomic mass is 10.1. The van der Waals surface area contributed by atoms with Crippen molar-refractivity contribution in [1.29, 1.82) is 0 Å². The second kappa shape index (κ2) is 6.91. The third-order valence-electron chi connectivity index (χ3n) is 3.43. The summed E-state index contributed by atoms with van der Waals surface area (Å²) in [6.07, 6.45) is 0. The molecule has 0 aliphatic rings. The molecule has 0 saturated carbocycles. The molecule has 130 valence electrons. The number of sulfonamides is 1. The Labute approximate surface area is 143 Å². The lowest BCUT2D eigenvalue weighted by Crippen LogP contribution is -2.35. The summed E-state index contributed by atoms with van der Waals surface area (Å²) in [5.74, 6) is -0.490. The number of halogens is 1. The van der Waals surface area contributed by atoms with Gasteiger partial charge in [-0.05, 0) is 63.1 Å². The summed E-state index contributed by atoms with van der Waals surface area (Å²) in [4.78, 5) is 0.186. The van der Waals surface area contributed by atoms with Crippen LogP contribution >= 0.6 is 0 Å². The van der Waals surface area contributed by atoms with Crippen molar-refractivity contribution in [3.05, 3.63) is 59.4 Å². The van der Waals surface area contributed by atoms with Crippen LogP contribution in [0.1, 0.15) is 31.9 Å². The van der Waals surface area contributed by atoms with Crippen LogP contribution in [0, 0.1) is 12.7 Å². The van der Waals surface area contributed by atoms with Crippen LogP contribution in [0.5, 0.6) is 0 Å². The third-order valence-corrected chi connectivity index (χ3v) is 4.97. The van der Waals surface area contributed by atoms with Gasteiger partial charge in [0.1, 0.15) is 5.82 Å². The Hall–Kier alpha value is -1.92. The van der Waals surface area contributed by atoms with Crippen LogP contribution in [-0.2, 0) is 16.6 Å². The highest BCUT2D eigenvalue weighted by molar-refractivity contribution is 7.92. The normalized spacial score (nSPS) is 12.2. The van der Waals surface area contributed by atoms with Gasteiger partial charge in [0.15, 0.2) is 0 Å². The predicted octanol–water partition coefficient (Wildman–Crippen LogP) is 3.82. The SMILES string of the molecule is Cc1cc(CNC(C)(C)C)ccc1S(=O)(=O)Nc1cccc(F)c1. The molecule has 2 aromatic carbocycles. The summed E-state index contributed by atoms with van der Waals surface area (Å²) in [7, 11) is -3.76. The molecule has 2 N–H and O–H groups in total. The molecular weight excluding hydrogens is 327 g/mol. The Balaban J connectivity index is 2.21. The van der Waals surface area contributed by atoms with Gasteiger partial charge < -0.3 is 5.32 Å². The van der Waals surface area contributed by atoms with Crippen molar-refractivity contribution in [2.75, 3.05) is 4.72 Å². The van der Waals surface area contributed by atoms with E-state index in [1.165, 1.54) is 18.2 Å². The molecule has 0 saturated heterocycles. The molecule has 0 aromatic heterocycles. The van der Waals surface area contributed by atoms with Crippen molar-refractivity contribution in [3.8, 4) is 0 Å². The van der Waals surface area contributed by atoms with E-state index in [1.54, 1.807) is 19.1 Å². The first kappa shape index (κ1) is 18.4. The van der Waals surface area contributed by atoms with E-state index < -0.39 is 15.8 Å². The van der Waals surface area contributed by atoms with E-state index in [-0.39, 0.29) is 16.1 Å². The number of rotatable bonds is 5. The summed E-state index contributed by atoms with van der Waals surface area (Å²) >= 11 is 0. The van der Waals surface area contributed by atoms with Crippen molar-refractivity contribution < 1.29 is 12.8 Å². The Morgan fingerprint density at radius 2 is 1.79 bits per heavy atom. The number of benzene rings is 2. The summed E-state index contributed by atoms with van der Waals surface area (Å²) in [6, 6.07) is 10.6. The van der Waals surface area contributed by atoms with Crippen LogP contribution in [0.2, 0.25) is 0 Å². The van der Waals surface area contributed by atoms with Crippen LogP contribution in [0.4, 0.5) is 10.1 Å². The van der Waals surface area contributed by atoms with Gasteiger partial charge in [-0.3, -0.25) is 4.72 Å². The highest BCUT2D eigenvalue weighted by atomic mass is 32.2. The van der Waals surface area contributed by atoms with E-state index in [9.17, 15) is 12.8 Å². The van der Waals surface area contributed by atoms with E-state index in [4.69, 9.17) is 0 Å². The monoisotopic (exact) mass is 350 g/mol. The molecular formula is C18H23FN2O2S. The summed E-state index contributed by atoms with van der Waals surface area (Å²) in [5.41, 5.74) is 1.84. The van der Waals surface area contributed by atoms with Gasteiger partial charge in [0, 0.05) is 12.1 Å². The number of anilines is 1. The van der Waals surface area contributed by atoms with Crippen LogP contribution in [0.3, 0.4) is 0 Å². The minimum absolute atomic E-state index is 0.0163. The minimum atomic E-state index is -3.76. The quantitative estimate of drug-likeness (QED) is 0.862. The molecule has 0 bridgehead atoms. The molecule has 0 heterocycles. The van der Waals surface area contributed by atoms with Gasteiger partial charge >= 0.3 is 0 Å². The number of nitrogens with one attached hydrogen (secondary N) is 2. The molecule has 0 radical (unpaired) electrons. The molecule has 0 amide bonds. The van der Waals surface area contributed by atoms with Gasteiger partial charge in [0.25, 0.3) is 10.0 Å². The molecule has 0 aliphatic heterocycles. The zero-order valence-electron chi connectivity index (χ0n) is 14.4. The Bertz CT molecular complexity index is 827. The highest BCUT2D eigenvalue weighted by Gasteiger charge is 2.18. The van der Waals surface area contributed by atoms with Crippen LogP contribution in [0.25, 0.3) is 0 Å². The van der Waals surface area contributed by atoms with E-state index in [0.717, 1.165) is 11.6 Å². The van der Waals surface area contributed by atoms with E-state index in [1.807, 2.05) is 6.07 Å². The summed E-state index contributed by atoms with van der Waals surface area (Å²) in [5, 5.41) is 3.36. The van der Waals surface area contributed by atoms with Crippen molar-refractivity contribution in [3.63, 3.8) is 0 Å². The lowest BCUT2D eigenvalue weighted by Gasteiger charge is -2.21. The molecule has 0 aliphatic carbocycles. The average Bonchev–Trinajstić information content (AvgIpc) is 2.43. The first-order valence-electron chi connectivity index (χ1n) is 7.70. The standard InChI is InChI=1S/C18H23FN2O2S/c1-13-10-14(12-20-18(2,3)4)8-9-17(13)24(22,23)21-16-7-5-6-15(19)11-16/h5-11,20-21H,12H2,1-4H3. The van der Waals surface area contributed by atoms with Crippen molar-refractivity contribution in [2.45, 2.75) is 44.7 Å². The number of hydrogen-bond acceptors (Lipinski definition) is 3. The van der Waals surface area contributed by atoms with E-state index in [2.05, 4.69) is 30.8 Å². The Morgan fingerprint density at radius 1 is 1.08 bits per heavy atom. The molecule has 4 nitrogen and oxygen atoms in total. The Kier molecular flexibility index (Phi) is 5.30. The van der Waals surface area contributed by atoms with Gasteiger partial charge in [-0.1, -0.05) is 18.2 Å². The first-order chi connectivity index (χ1) is 11.1. The van der Waals surface area contributed by atoms with Crippen molar-refractivity contribution in [2.24, 2.45) is 0 Å². The molecule has 0 atom stereocenters. The largest absolute Gasteiger partial charge is 0.308 e. The predicted molar refractivity (Wildman–Crippen MR) is 95.0 cm³/mol. The van der Waals surface area contributed by atoms with Gasteiger partial charge in [-0.25, -0.2) is 12.8 Å². The maximum absolute atomic E-state index is 13.2. The van der Waals surface area contributed by atoms with E-state index in [0.29, 0.717) is 12.1 Å². The molecule has 6 heteroatoms. The molecule has 2 rings (SSSR count). The van der Waals surface area contributed by atoms with Gasteiger partial charge in [0.2, 0.25) is 0 Å². The van der Waals surface area contributed by atoms with Crippen LogP contribution in [-0.4, -0.2) is 14.0 Å². The topological polar surface area (TPSA) is 58.2 Å². The van der Waals surface area contributed by atoms with Crippen LogP contribution < -0.4 is 10.0 Å². The zero-order valence-corrected chi connectivity index (χ0v) is 15.2. The molecule has 0 spiro atoms. The second-order valence-corrected chi connectivity index (χ2v) is 8.47. The molecule has 24 heavy (non-hydrogen) atoms. The second-order valence-electron chi connectivity index (χ2n) is 6.82. The summed E-state index contributed by atoms with van der Waals surface area (Å²) < 4.78 is 40.7. The fourth-order valence-corrected chi connectivity index (χ4v) is 3.53. The molecule has 2 aromatic rings. The van der Waals surface area contributed by atoms with Crippen molar-refractivity contribution in [1.82, 2.24) is 5.32 Å². The first-order valence-corrected chi connectivity index (χ1v) is 9.18. The lowest BCUT2D eigenvalue weighted by molar-refractivity contribution is 0.424. The maximum atomic E-state index is 13.2. The zero-order chi connectivity index (χ0) is 18.0. The highest BCUT2D eigenvalue weighted by Crippen LogP contribution is 2.21. The van der Waals surface area contributed by atoms with Gasteiger partial charge in [-0.2, -0.15) is 0 Å². The third kappa shape index (κ3) is 5.04. The molecule has 0 unspecified atom stereocenters. The fraction of sp³-hybridized carbons (Fsp3) is 0.333. The van der Waals surface area contributed by atoms with Gasteiger partial charge in [0.05, 0.1) is 10.6 Å². The molecule has 0 fully saturated rings. The Morgan fingerprint density at radius 3 is 2.38 bits per heavy atom. The minimum Gasteiger partial charge on any atom is -0.308 e. The fourth-order valence-electron chi connectivity index (χ4n) is 2.25.